The van der Waals surface area contributed by atoms with E-state index in [2.05, 4.69) is 25.7 Å². The molecule has 15 heavy (non-hydrogen) atoms. The predicted octanol–water partition coefficient (Wildman–Crippen LogP) is 2.82. The van der Waals surface area contributed by atoms with Gasteiger partial charge in [0.15, 0.2) is 0 Å². The number of rotatable bonds is 0. The molecule has 0 aromatic rings. The molecule has 0 bridgehead atoms. The molecule has 0 aromatic carbocycles. The molecule has 2 saturated heterocycles. The molecular weight excluding hydrogens is 186 g/mol. The molecule has 2 fully saturated rings. The summed E-state index contributed by atoms with van der Waals surface area (Å²) in [5, 5.41) is 0. The van der Waals surface area contributed by atoms with Gasteiger partial charge in [-0.15, -0.1) is 0 Å². The van der Waals surface area contributed by atoms with Crippen LogP contribution in [0.4, 0.5) is 0 Å². The summed E-state index contributed by atoms with van der Waals surface area (Å²) in [6.45, 7) is 10.3. The molecule has 0 saturated carbocycles. The van der Waals surface area contributed by atoms with Crippen molar-refractivity contribution in [3.63, 3.8) is 0 Å². The molecular formula is C13H25NO. The van der Waals surface area contributed by atoms with Gasteiger partial charge in [-0.05, 0) is 53.0 Å². The molecule has 0 aromatic heterocycles. The largest absolute Gasteiger partial charge is 0.381 e. The van der Waals surface area contributed by atoms with Crippen molar-refractivity contribution in [3.05, 3.63) is 0 Å². The minimum atomic E-state index is 0.317. The third kappa shape index (κ3) is 2.21. The van der Waals surface area contributed by atoms with Gasteiger partial charge in [-0.3, -0.25) is 4.90 Å². The van der Waals surface area contributed by atoms with Crippen molar-refractivity contribution in [2.24, 2.45) is 0 Å². The number of piperidine rings is 1. The Labute approximate surface area is 94.0 Å². The molecule has 0 radical (unpaired) electrons. The smallest absolute Gasteiger partial charge is 0.0483 e. The van der Waals surface area contributed by atoms with E-state index in [1.165, 1.54) is 38.6 Å². The topological polar surface area (TPSA) is 12.5 Å². The Bertz CT molecular complexity index is 205. The zero-order chi connectivity index (χ0) is 10.9. The fourth-order valence-corrected chi connectivity index (χ4v) is 3.41. The van der Waals surface area contributed by atoms with Gasteiger partial charge in [0.25, 0.3) is 0 Å². The van der Waals surface area contributed by atoms with Gasteiger partial charge >= 0.3 is 0 Å². The first-order valence-electron chi connectivity index (χ1n) is 6.40. The second-order valence-corrected chi connectivity index (χ2v) is 6.12. The molecule has 2 aliphatic rings. The van der Waals surface area contributed by atoms with Crippen molar-refractivity contribution < 1.29 is 4.74 Å². The highest BCUT2D eigenvalue weighted by atomic mass is 16.5. The Morgan fingerprint density at radius 1 is 1.00 bits per heavy atom. The van der Waals surface area contributed by atoms with Crippen molar-refractivity contribution in [3.8, 4) is 0 Å². The quantitative estimate of drug-likeness (QED) is 0.611. The van der Waals surface area contributed by atoms with Crippen LogP contribution in [0.2, 0.25) is 0 Å². The number of nitrogens with zero attached hydrogens (tertiary/aromatic N) is 1. The van der Waals surface area contributed by atoms with Crippen LogP contribution in [0.1, 0.15) is 52.9 Å². The van der Waals surface area contributed by atoms with Crippen LogP contribution < -0.4 is 0 Å². The van der Waals surface area contributed by atoms with Gasteiger partial charge in [0, 0.05) is 24.3 Å². The Balaban J connectivity index is 2.17. The third-order valence-electron chi connectivity index (χ3n) is 4.08. The minimum absolute atomic E-state index is 0.317. The minimum Gasteiger partial charge on any atom is -0.381 e. The summed E-state index contributed by atoms with van der Waals surface area (Å²) in [6, 6.07) is 0. The van der Waals surface area contributed by atoms with Crippen LogP contribution in [0.15, 0.2) is 0 Å². The highest BCUT2D eigenvalue weighted by molar-refractivity contribution is 4.99. The van der Waals surface area contributed by atoms with E-state index in [0.717, 1.165) is 13.2 Å². The van der Waals surface area contributed by atoms with Crippen LogP contribution in [0.5, 0.6) is 0 Å². The fourth-order valence-electron chi connectivity index (χ4n) is 3.41. The van der Waals surface area contributed by atoms with Crippen LogP contribution >= 0.6 is 0 Å². The second-order valence-electron chi connectivity index (χ2n) is 6.12. The molecule has 0 N–H and O–H groups in total. The van der Waals surface area contributed by atoms with E-state index in [9.17, 15) is 0 Å². The molecule has 2 rings (SSSR count). The monoisotopic (exact) mass is 211 g/mol. The van der Waals surface area contributed by atoms with Crippen molar-refractivity contribution >= 4 is 0 Å². The average molecular weight is 211 g/mol. The zero-order valence-electron chi connectivity index (χ0n) is 10.5. The standard InChI is InChI=1S/C13H25NO/c1-12(2,3)14-9-5-4-6-13(14)7-10-15-11-8-13/h4-11H2,1-3H3. The first kappa shape index (κ1) is 11.4. The first-order chi connectivity index (χ1) is 7.05. The van der Waals surface area contributed by atoms with E-state index in [1.807, 2.05) is 0 Å². The lowest BCUT2D eigenvalue weighted by atomic mass is 9.77. The van der Waals surface area contributed by atoms with E-state index in [0.29, 0.717) is 11.1 Å². The summed E-state index contributed by atoms with van der Waals surface area (Å²) in [5.74, 6) is 0. The maximum Gasteiger partial charge on any atom is 0.0483 e. The molecule has 2 heteroatoms. The Morgan fingerprint density at radius 3 is 2.27 bits per heavy atom. The van der Waals surface area contributed by atoms with Gasteiger partial charge in [0.1, 0.15) is 0 Å². The summed E-state index contributed by atoms with van der Waals surface area (Å²) < 4.78 is 5.53. The van der Waals surface area contributed by atoms with E-state index >= 15 is 0 Å². The molecule has 0 atom stereocenters. The fraction of sp³-hybridized carbons (Fsp3) is 1.00. The van der Waals surface area contributed by atoms with E-state index in [-0.39, 0.29) is 0 Å². The molecule has 0 aliphatic carbocycles. The zero-order valence-corrected chi connectivity index (χ0v) is 10.5. The van der Waals surface area contributed by atoms with Crippen LogP contribution in [0, 0.1) is 0 Å². The maximum absolute atomic E-state index is 5.53. The lowest BCUT2D eigenvalue weighted by molar-refractivity contribution is -0.0873. The molecule has 1 spiro atoms. The van der Waals surface area contributed by atoms with E-state index in [1.54, 1.807) is 0 Å². The van der Waals surface area contributed by atoms with Gasteiger partial charge in [0.05, 0.1) is 0 Å². The molecule has 0 amide bonds. The lowest BCUT2D eigenvalue weighted by Crippen LogP contribution is -2.61. The number of ether oxygens (including phenoxy) is 1. The normalized spacial score (nSPS) is 28.2. The predicted molar refractivity (Wildman–Crippen MR) is 63.1 cm³/mol. The summed E-state index contributed by atoms with van der Waals surface area (Å²) >= 11 is 0. The van der Waals surface area contributed by atoms with Crippen molar-refractivity contribution in [1.82, 2.24) is 4.90 Å². The molecule has 0 unspecified atom stereocenters. The summed E-state index contributed by atoms with van der Waals surface area (Å²) in [6.07, 6.45) is 6.65. The van der Waals surface area contributed by atoms with E-state index < -0.39 is 0 Å². The Morgan fingerprint density at radius 2 is 1.67 bits per heavy atom. The van der Waals surface area contributed by atoms with Gasteiger partial charge in [-0.2, -0.15) is 0 Å². The molecule has 2 aliphatic heterocycles. The highest BCUT2D eigenvalue weighted by Gasteiger charge is 2.44. The average Bonchev–Trinajstić information content (AvgIpc) is 2.18. The highest BCUT2D eigenvalue weighted by Crippen LogP contribution is 2.40. The van der Waals surface area contributed by atoms with Crippen molar-refractivity contribution in [2.45, 2.75) is 64.0 Å². The number of hydrogen-bond donors (Lipinski definition) is 0. The third-order valence-corrected chi connectivity index (χ3v) is 4.08. The van der Waals surface area contributed by atoms with Gasteiger partial charge in [0.2, 0.25) is 0 Å². The van der Waals surface area contributed by atoms with Crippen LogP contribution in [-0.4, -0.2) is 35.7 Å². The molecule has 2 nitrogen and oxygen atoms in total. The molecule has 2 heterocycles. The van der Waals surface area contributed by atoms with Gasteiger partial charge in [-0.25, -0.2) is 0 Å². The first-order valence-corrected chi connectivity index (χ1v) is 6.40. The second kappa shape index (κ2) is 4.06. The van der Waals surface area contributed by atoms with Crippen LogP contribution in [0.3, 0.4) is 0 Å². The number of likely N-dealkylation sites (tertiary alicyclic amines) is 1. The van der Waals surface area contributed by atoms with Crippen molar-refractivity contribution in [2.75, 3.05) is 19.8 Å². The van der Waals surface area contributed by atoms with Crippen LogP contribution in [0.25, 0.3) is 0 Å². The van der Waals surface area contributed by atoms with Crippen LogP contribution in [-0.2, 0) is 4.74 Å². The summed E-state index contributed by atoms with van der Waals surface area (Å²) in [5.41, 5.74) is 0.784. The Hall–Kier alpha value is -0.0800. The summed E-state index contributed by atoms with van der Waals surface area (Å²) in [4.78, 5) is 2.76. The summed E-state index contributed by atoms with van der Waals surface area (Å²) in [7, 11) is 0. The van der Waals surface area contributed by atoms with Crippen molar-refractivity contribution in [1.29, 1.82) is 0 Å². The lowest BCUT2D eigenvalue weighted by Gasteiger charge is -2.55. The maximum atomic E-state index is 5.53. The molecule has 88 valence electrons. The van der Waals surface area contributed by atoms with Gasteiger partial charge in [-0.1, -0.05) is 6.42 Å². The van der Waals surface area contributed by atoms with E-state index in [4.69, 9.17) is 4.74 Å². The number of hydrogen-bond acceptors (Lipinski definition) is 2. The SMILES string of the molecule is CC(C)(C)N1CCCCC12CCOCC2. The Kier molecular flexibility index (Phi) is 3.09. The van der Waals surface area contributed by atoms with Gasteiger partial charge < -0.3 is 4.74 Å².